The summed E-state index contributed by atoms with van der Waals surface area (Å²) in [5.74, 6) is -0.926. The zero-order valence-corrected chi connectivity index (χ0v) is 7.58. The molecule has 1 unspecified atom stereocenters. The third-order valence-corrected chi connectivity index (χ3v) is 1.91. The van der Waals surface area contributed by atoms with Gasteiger partial charge in [-0.2, -0.15) is 13.2 Å². The Morgan fingerprint density at radius 3 is 2.27 bits per heavy atom. The Labute approximate surface area is 83.9 Å². The van der Waals surface area contributed by atoms with Crippen molar-refractivity contribution in [1.29, 1.82) is 0 Å². The van der Waals surface area contributed by atoms with Gasteiger partial charge in [0.2, 0.25) is 5.91 Å². The number of rotatable bonds is 2. The third kappa shape index (κ3) is 2.47. The van der Waals surface area contributed by atoms with Crippen molar-refractivity contribution >= 4 is 5.91 Å². The van der Waals surface area contributed by atoms with E-state index in [9.17, 15) is 18.0 Å². The molecular weight excluding hydrogens is 209 g/mol. The maximum Gasteiger partial charge on any atom is 0.407 e. The Morgan fingerprint density at radius 1 is 1.27 bits per heavy atom. The molecule has 0 aliphatic carbocycles. The number of carbonyl (C=O) groups is 1. The van der Waals surface area contributed by atoms with Crippen LogP contribution in [0.15, 0.2) is 24.3 Å². The summed E-state index contributed by atoms with van der Waals surface area (Å²) in [6.45, 7) is 0. The van der Waals surface area contributed by atoms with E-state index in [0.29, 0.717) is 0 Å². The predicted octanol–water partition coefficient (Wildman–Crippen LogP) is 1.35. The first-order valence-electron chi connectivity index (χ1n) is 4.05. The lowest BCUT2D eigenvalue weighted by Crippen LogP contribution is -2.30. The minimum Gasteiger partial charge on any atom is -0.366 e. The van der Waals surface area contributed by atoms with Crippen LogP contribution in [-0.4, -0.2) is 12.1 Å². The number of benzene rings is 1. The highest BCUT2D eigenvalue weighted by Gasteiger charge is 2.39. The summed E-state index contributed by atoms with van der Waals surface area (Å²) in [6, 6.07) is 2.95. The van der Waals surface area contributed by atoms with E-state index < -0.39 is 18.1 Å². The molecule has 0 aliphatic heterocycles. The molecule has 0 saturated heterocycles. The minimum atomic E-state index is -4.59. The summed E-state index contributed by atoms with van der Waals surface area (Å²) < 4.78 is 36.9. The Hall–Kier alpha value is -1.56. The van der Waals surface area contributed by atoms with E-state index in [1.54, 1.807) is 0 Å². The van der Waals surface area contributed by atoms with Crippen LogP contribution in [0.1, 0.15) is 22.0 Å². The zero-order chi connectivity index (χ0) is 11.6. The fourth-order valence-corrected chi connectivity index (χ4v) is 1.17. The molecule has 0 heterocycles. The molecule has 15 heavy (non-hydrogen) atoms. The molecule has 0 bridgehead atoms. The molecule has 0 aliphatic rings. The molecule has 0 radical (unpaired) electrons. The largest absolute Gasteiger partial charge is 0.407 e. The van der Waals surface area contributed by atoms with Crippen molar-refractivity contribution in [3.05, 3.63) is 35.4 Å². The van der Waals surface area contributed by atoms with Crippen LogP contribution in [0.5, 0.6) is 0 Å². The van der Waals surface area contributed by atoms with Gasteiger partial charge in [-0.25, -0.2) is 0 Å². The van der Waals surface area contributed by atoms with Gasteiger partial charge in [0.15, 0.2) is 0 Å². The Kier molecular flexibility index (Phi) is 2.99. The lowest BCUT2D eigenvalue weighted by molar-refractivity contribution is -0.149. The quantitative estimate of drug-likeness (QED) is 0.786. The smallest absolute Gasteiger partial charge is 0.366 e. The van der Waals surface area contributed by atoms with Gasteiger partial charge in [-0.05, 0) is 11.6 Å². The Bertz CT molecular complexity index is 376. The number of amides is 1. The van der Waals surface area contributed by atoms with Crippen LogP contribution in [0.4, 0.5) is 13.2 Å². The van der Waals surface area contributed by atoms with Gasteiger partial charge in [-0.15, -0.1) is 0 Å². The minimum absolute atomic E-state index is 0.206. The summed E-state index contributed by atoms with van der Waals surface area (Å²) >= 11 is 0. The topological polar surface area (TPSA) is 69.1 Å². The second-order valence-electron chi connectivity index (χ2n) is 2.97. The predicted molar refractivity (Wildman–Crippen MR) is 47.9 cm³/mol. The lowest BCUT2D eigenvalue weighted by Gasteiger charge is -2.17. The number of hydrogen-bond donors (Lipinski definition) is 2. The molecule has 82 valence electrons. The number of primary amides is 1. The summed E-state index contributed by atoms with van der Waals surface area (Å²) in [5, 5.41) is 0. The van der Waals surface area contributed by atoms with Crippen molar-refractivity contribution in [2.75, 3.05) is 0 Å². The molecule has 1 rings (SSSR count). The van der Waals surface area contributed by atoms with E-state index in [0.717, 1.165) is 6.07 Å². The number of hydrogen-bond acceptors (Lipinski definition) is 2. The van der Waals surface area contributed by atoms with Crippen molar-refractivity contribution in [1.82, 2.24) is 0 Å². The molecule has 0 fully saturated rings. The highest BCUT2D eigenvalue weighted by molar-refractivity contribution is 5.94. The maximum absolute atomic E-state index is 12.3. The standard InChI is InChI=1S/C9H9F3N2O/c10-9(11,12)7(13)5-3-1-2-4-6(5)8(14)15/h1-4,7H,13H2,(H2,14,15). The molecule has 3 nitrogen and oxygen atoms in total. The van der Waals surface area contributed by atoms with Crippen LogP contribution in [0, 0.1) is 0 Å². The highest BCUT2D eigenvalue weighted by Crippen LogP contribution is 2.31. The van der Waals surface area contributed by atoms with Gasteiger partial charge < -0.3 is 11.5 Å². The lowest BCUT2D eigenvalue weighted by atomic mass is 10.0. The van der Waals surface area contributed by atoms with Crippen LogP contribution in [0.25, 0.3) is 0 Å². The fraction of sp³-hybridized carbons (Fsp3) is 0.222. The van der Waals surface area contributed by atoms with Gasteiger partial charge in [0, 0.05) is 5.56 Å². The SMILES string of the molecule is NC(=O)c1ccccc1C(N)C(F)(F)F. The zero-order valence-electron chi connectivity index (χ0n) is 7.58. The number of carbonyl (C=O) groups excluding carboxylic acids is 1. The number of halogens is 3. The van der Waals surface area contributed by atoms with Crippen molar-refractivity contribution in [2.45, 2.75) is 12.2 Å². The summed E-state index contributed by atoms with van der Waals surface area (Å²) in [4.78, 5) is 10.9. The average Bonchev–Trinajstić information content (AvgIpc) is 2.15. The summed E-state index contributed by atoms with van der Waals surface area (Å²) in [6.07, 6.45) is -4.59. The number of nitrogens with two attached hydrogens (primary N) is 2. The van der Waals surface area contributed by atoms with Crippen molar-refractivity contribution in [3.63, 3.8) is 0 Å². The first kappa shape index (κ1) is 11.5. The van der Waals surface area contributed by atoms with Crippen LogP contribution < -0.4 is 11.5 Å². The first-order valence-corrected chi connectivity index (χ1v) is 4.05. The molecule has 0 saturated carbocycles. The molecule has 1 amide bonds. The first-order chi connectivity index (χ1) is 6.84. The maximum atomic E-state index is 12.3. The molecule has 6 heteroatoms. The molecule has 1 atom stereocenters. The highest BCUT2D eigenvalue weighted by atomic mass is 19.4. The van der Waals surface area contributed by atoms with Crippen LogP contribution >= 0.6 is 0 Å². The normalized spacial score (nSPS) is 13.6. The second-order valence-corrected chi connectivity index (χ2v) is 2.97. The summed E-state index contributed by atoms with van der Waals surface area (Å²) in [7, 11) is 0. The molecule has 4 N–H and O–H groups in total. The molecule has 0 spiro atoms. The molecule has 1 aromatic rings. The van der Waals surface area contributed by atoms with Crippen LogP contribution in [0.3, 0.4) is 0 Å². The van der Waals surface area contributed by atoms with Gasteiger partial charge in [-0.3, -0.25) is 4.79 Å². The fourth-order valence-electron chi connectivity index (χ4n) is 1.17. The molecular formula is C9H9F3N2O. The van der Waals surface area contributed by atoms with E-state index >= 15 is 0 Å². The van der Waals surface area contributed by atoms with E-state index in [4.69, 9.17) is 11.5 Å². The van der Waals surface area contributed by atoms with Gasteiger partial charge >= 0.3 is 6.18 Å². The third-order valence-electron chi connectivity index (χ3n) is 1.91. The van der Waals surface area contributed by atoms with Crippen molar-refractivity contribution < 1.29 is 18.0 Å². The van der Waals surface area contributed by atoms with Gasteiger partial charge in [-0.1, -0.05) is 18.2 Å². The Balaban J connectivity index is 3.19. The van der Waals surface area contributed by atoms with E-state index in [1.165, 1.54) is 18.2 Å². The van der Waals surface area contributed by atoms with E-state index in [1.807, 2.05) is 0 Å². The summed E-state index contributed by atoms with van der Waals surface area (Å²) in [5.41, 5.74) is 9.40. The number of alkyl halides is 3. The van der Waals surface area contributed by atoms with E-state index in [-0.39, 0.29) is 11.1 Å². The molecule has 1 aromatic carbocycles. The second kappa shape index (κ2) is 3.90. The monoisotopic (exact) mass is 218 g/mol. The molecule has 0 aromatic heterocycles. The van der Waals surface area contributed by atoms with Crippen LogP contribution in [0.2, 0.25) is 0 Å². The van der Waals surface area contributed by atoms with E-state index in [2.05, 4.69) is 0 Å². The van der Waals surface area contributed by atoms with Crippen LogP contribution in [-0.2, 0) is 0 Å². The average molecular weight is 218 g/mol. The van der Waals surface area contributed by atoms with Crippen molar-refractivity contribution in [3.8, 4) is 0 Å². The van der Waals surface area contributed by atoms with Gasteiger partial charge in [0.05, 0.1) is 0 Å². The van der Waals surface area contributed by atoms with Gasteiger partial charge in [0.25, 0.3) is 0 Å². The van der Waals surface area contributed by atoms with Gasteiger partial charge in [0.1, 0.15) is 6.04 Å². The Morgan fingerprint density at radius 2 is 1.80 bits per heavy atom. The van der Waals surface area contributed by atoms with Crippen molar-refractivity contribution in [2.24, 2.45) is 11.5 Å².